The lowest BCUT2D eigenvalue weighted by molar-refractivity contribution is -0.141. The maximum absolute atomic E-state index is 10.8. The molecule has 92 valence electrons. The first-order valence-electron chi connectivity index (χ1n) is 6.38. The molecule has 0 radical (unpaired) electrons. The van der Waals surface area contributed by atoms with Crippen LogP contribution in [0, 0.1) is 18.3 Å². The second-order valence-corrected chi connectivity index (χ2v) is 4.35. The van der Waals surface area contributed by atoms with Gasteiger partial charge in [-0.15, -0.1) is 12.3 Å². The Morgan fingerprint density at radius 3 is 2.25 bits per heavy atom. The van der Waals surface area contributed by atoms with Gasteiger partial charge in [-0.2, -0.15) is 0 Å². The summed E-state index contributed by atoms with van der Waals surface area (Å²) in [5.41, 5.74) is 0. The largest absolute Gasteiger partial charge is 0.481 e. The first kappa shape index (κ1) is 15.0. The standard InChI is InChI=1S/C14H24O2/c1-3-5-6-7-8-9-10-12-13(11-4-2)14(15)16/h2,13H,3,5-12H2,1H3,(H,15,16)/t13-/m0/s1. The summed E-state index contributed by atoms with van der Waals surface area (Å²) < 4.78 is 0. The van der Waals surface area contributed by atoms with Crippen molar-refractivity contribution in [3.05, 3.63) is 0 Å². The number of rotatable bonds is 10. The molecule has 2 nitrogen and oxygen atoms in total. The summed E-state index contributed by atoms with van der Waals surface area (Å²) in [6.45, 7) is 2.21. The molecule has 0 aliphatic rings. The Morgan fingerprint density at radius 1 is 1.19 bits per heavy atom. The minimum absolute atomic E-state index is 0.333. The quantitative estimate of drug-likeness (QED) is 0.452. The van der Waals surface area contributed by atoms with Crippen LogP contribution in [0.2, 0.25) is 0 Å². The highest BCUT2D eigenvalue weighted by molar-refractivity contribution is 5.70. The Morgan fingerprint density at radius 2 is 1.75 bits per heavy atom. The molecule has 0 bridgehead atoms. The van der Waals surface area contributed by atoms with Gasteiger partial charge in [0.1, 0.15) is 0 Å². The van der Waals surface area contributed by atoms with Crippen molar-refractivity contribution in [2.75, 3.05) is 0 Å². The summed E-state index contributed by atoms with van der Waals surface area (Å²) in [6, 6.07) is 0. The lowest BCUT2D eigenvalue weighted by Gasteiger charge is -2.08. The molecular formula is C14H24O2. The number of carboxylic acids is 1. The molecule has 2 heteroatoms. The van der Waals surface area contributed by atoms with Gasteiger partial charge in [0.15, 0.2) is 0 Å². The Bertz CT molecular complexity index is 215. The molecule has 0 fully saturated rings. The third kappa shape index (κ3) is 8.35. The topological polar surface area (TPSA) is 37.3 Å². The molecule has 0 spiro atoms. The predicted molar refractivity (Wildman–Crippen MR) is 67.2 cm³/mol. The van der Waals surface area contributed by atoms with Crippen molar-refractivity contribution in [1.29, 1.82) is 0 Å². The molecule has 0 heterocycles. The van der Waals surface area contributed by atoms with Gasteiger partial charge in [-0.1, -0.05) is 51.9 Å². The molecule has 0 saturated heterocycles. The van der Waals surface area contributed by atoms with Gasteiger partial charge >= 0.3 is 5.97 Å². The first-order valence-corrected chi connectivity index (χ1v) is 6.38. The summed E-state index contributed by atoms with van der Waals surface area (Å²) in [5, 5.41) is 8.88. The molecule has 0 aromatic rings. The maximum Gasteiger partial charge on any atom is 0.307 e. The fraction of sp³-hybridized carbons (Fsp3) is 0.786. The van der Waals surface area contributed by atoms with Gasteiger partial charge in [0.05, 0.1) is 5.92 Å². The molecule has 0 rings (SSSR count). The Hall–Kier alpha value is -0.970. The van der Waals surface area contributed by atoms with E-state index >= 15 is 0 Å². The van der Waals surface area contributed by atoms with E-state index in [1.807, 2.05) is 0 Å². The molecule has 1 N–H and O–H groups in total. The fourth-order valence-electron chi connectivity index (χ4n) is 1.80. The van der Waals surface area contributed by atoms with E-state index in [-0.39, 0.29) is 5.92 Å². The predicted octanol–water partition coefficient (Wildman–Crippen LogP) is 3.85. The van der Waals surface area contributed by atoms with Crippen molar-refractivity contribution in [3.8, 4) is 12.3 Å². The van der Waals surface area contributed by atoms with Gasteiger partial charge in [-0.05, 0) is 6.42 Å². The zero-order chi connectivity index (χ0) is 12.2. The third-order valence-electron chi connectivity index (χ3n) is 2.87. The molecule has 16 heavy (non-hydrogen) atoms. The molecule has 0 aromatic heterocycles. The lowest BCUT2D eigenvalue weighted by atomic mass is 9.97. The van der Waals surface area contributed by atoms with Crippen molar-refractivity contribution < 1.29 is 9.90 Å². The monoisotopic (exact) mass is 224 g/mol. The highest BCUT2D eigenvalue weighted by atomic mass is 16.4. The zero-order valence-electron chi connectivity index (χ0n) is 10.4. The summed E-state index contributed by atoms with van der Waals surface area (Å²) in [4.78, 5) is 10.8. The van der Waals surface area contributed by atoms with Gasteiger partial charge in [0.2, 0.25) is 0 Å². The van der Waals surface area contributed by atoms with Gasteiger partial charge in [-0.25, -0.2) is 0 Å². The number of carbonyl (C=O) groups is 1. The highest BCUT2D eigenvalue weighted by Crippen LogP contribution is 2.15. The van der Waals surface area contributed by atoms with Gasteiger partial charge in [0, 0.05) is 6.42 Å². The lowest BCUT2D eigenvalue weighted by Crippen LogP contribution is -2.12. The minimum atomic E-state index is -0.746. The third-order valence-corrected chi connectivity index (χ3v) is 2.87. The normalized spacial score (nSPS) is 12.0. The number of unbranched alkanes of at least 4 members (excludes halogenated alkanes) is 6. The van der Waals surface area contributed by atoms with Crippen LogP contribution in [0.5, 0.6) is 0 Å². The number of carboxylic acid groups (broad SMARTS) is 1. The Balaban J connectivity index is 3.41. The molecule has 0 aliphatic heterocycles. The van der Waals surface area contributed by atoms with E-state index in [4.69, 9.17) is 11.5 Å². The van der Waals surface area contributed by atoms with Crippen molar-refractivity contribution in [1.82, 2.24) is 0 Å². The summed E-state index contributed by atoms with van der Waals surface area (Å²) in [7, 11) is 0. The van der Waals surface area contributed by atoms with E-state index in [2.05, 4.69) is 12.8 Å². The molecular weight excluding hydrogens is 200 g/mol. The zero-order valence-corrected chi connectivity index (χ0v) is 10.4. The van der Waals surface area contributed by atoms with E-state index in [0.717, 1.165) is 19.3 Å². The summed E-state index contributed by atoms with van der Waals surface area (Å²) in [5.74, 6) is 1.36. The number of hydrogen-bond acceptors (Lipinski definition) is 1. The van der Waals surface area contributed by atoms with Crippen LogP contribution >= 0.6 is 0 Å². The highest BCUT2D eigenvalue weighted by Gasteiger charge is 2.14. The smallest absolute Gasteiger partial charge is 0.307 e. The van der Waals surface area contributed by atoms with Crippen LogP contribution in [-0.4, -0.2) is 11.1 Å². The summed E-state index contributed by atoms with van der Waals surface area (Å²) in [6.07, 6.45) is 14.8. The second-order valence-electron chi connectivity index (χ2n) is 4.35. The van der Waals surface area contributed by atoms with Crippen molar-refractivity contribution in [3.63, 3.8) is 0 Å². The van der Waals surface area contributed by atoms with Crippen LogP contribution in [-0.2, 0) is 4.79 Å². The molecule has 1 atom stereocenters. The molecule has 0 saturated carbocycles. The molecule has 0 unspecified atom stereocenters. The average molecular weight is 224 g/mol. The number of terminal acetylenes is 1. The second kappa shape index (κ2) is 10.5. The van der Waals surface area contributed by atoms with Crippen LogP contribution in [0.25, 0.3) is 0 Å². The van der Waals surface area contributed by atoms with E-state index < -0.39 is 5.97 Å². The van der Waals surface area contributed by atoms with Gasteiger partial charge in [0.25, 0.3) is 0 Å². The van der Waals surface area contributed by atoms with Crippen molar-refractivity contribution in [2.45, 2.75) is 64.7 Å². The first-order chi connectivity index (χ1) is 7.72. The van der Waals surface area contributed by atoms with Crippen molar-refractivity contribution in [2.24, 2.45) is 5.92 Å². The van der Waals surface area contributed by atoms with Crippen LogP contribution in [0.1, 0.15) is 64.7 Å². The van der Waals surface area contributed by atoms with Crippen LogP contribution < -0.4 is 0 Å². The number of hydrogen-bond donors (Lipinski definition) is 1. The fourth-order valence-corrected chi connectivity index (χ4v) is 1.80. The van der Waals surface area contributed by atoms with Crippen LogP contribution in [0.15, 0.2) is 0 Å². The Labute approximate surface area is 99.4 Å². The molecule has 0 aromatic carbocycles. The van der Waals surface area contributed by atoms with Crippen molar-refractivity contribution >= 4 is 5.97 Å². The maximum atomic E-state index is 10.8. The molecule has 0 amide bonds. The van der Waals surface area contributed by atoms with E-state index in [9.17, 15) is 4.79 Å². The van der Waals surface area contributed by atoms with E-state index in [1.165, 1.54) is 32.1 Å². The molecule has 0 aliphatic carbocycles. The Kier molecular flexibility index (Phi) is 9.91. The SMILES string of the molecule is C#CC[C@@H](CCCCCCCCC)C(=O)O. The average Bonchev–Trinajstić information content (AvgIpc) is 2.26. The van der Waals surface area contributed by atoms with E-state index in [0.29, 0.717) is 6.42 Å². The summed E-state index contributed by atoms with van der Waals surface area (Å²) >= 11 is 0. The van der Waals surface area contributed by atoms with E-state index in [1.54, 1.807) is 0 Å². The minimum Gasteiger partial charge on any atom is -0.481 e. The van der Waals surface area contributed by atoms with Crippen LogP contribution in [0.3, 0.4) is 0 Å². The van der Waals surface area contributed by atoms with Gasteiger partial charge in [-0.3, -0.25) is 4.79 Å². The number of aliphatic carboxylic acids is 1. The van der Waals surface area contributed by atoms with Crippen LogP contribution in [0.4, 0.5) is 0 Å². The van der Waals surface area contributed by atoms with Gasteiger partial charge < -0.3 is 5.11 Å².